The smallest absolute Gasteiger partial charge is 0.135 e. The lowest BCUT2D eigenvalue weighted by molar-refractivity contribution is 0.134. The second-order valence-electron chi connectivity index (χ2n) is 3.04. The molecule has 1 aromatic carbocycles. The minimum Gasteiger partial charge on any atom is -0.464 e. The zero-order valence-corrected chi connectivity index (χ0v) is 8.67. The summed E-state index contributed by atoms with van der Waals surface area (Å²) in [6.45, 7) is 3.27. The first kappa shape index (κ1) is 9.56. The standard InChI is InChI=1S/C11H11ClO2/c1-2-13-6-8-7-14-11-5-9(12)3-4-10(8)11/h3-5,7H,2,6H2,1H3. The van der Waals surface area contributed by atoms with E-state index in [1.807, 2.05) is 25.1 Å². The maximum absolute atomic E-state index is 5.84. The van der Waals surface area contributed by atoms with Crippen molar-refractivity contribution < 1.29 is 9.15 Å². The molecule has 0 N–H and O–H groups in total. The van der Waals surface area contributed by atoms with Crippen LogP contribution in [0.15, 0.2) is 28.9 Å². The number of halogens is 1. The average Bonchev–Trinajstić information content (AvgIpc) is 2.57. The van der Waals surface area contributed by atoms with E-state index in [9.17, 15) is 0 Å². The molecule has 0 atom stereocenters. The zero-order chi connectivity index (χ0) is 9.97. The van der Waals surface area contributed by atoms with Gasteiger partial charge in [0.15, 0.2) is 0 Å². The summed E-state index contributed by atoms with van der Waals surface area (Å²) in [6, 6.07) is 5.62. The number of benzene rings is 1. The summed E-state index contributed by atoms with van der Waals surface area (Å²) < 4.78 is 10.7. The predicted molar refractivity (Wildman–Crippen MR) is 56.6 cm³/mol. The van der Waals surface area contributed by atoms with Gasteiger partial charge in [-0.1, -0.05) is 11.6 Å². The molecule has 0 fully saturated rings. The maximum Gasteiger partial charge on any atom is 0.135 e. The molecule has 2 nitrogen and oxygen atoms in total. The SMILES string of the molecule is CCOCc1coc2cc(Cl)ccc12. The molecule has 3 heteroatoms. The van der Waals surface area contributed by atoms with Crippen molar-refractivity contribution in [1.82, 2.24) is 0 Å². The van der Waals surface area contributed by atoms with E-state index in [1.165, 1.54) is 0 Å². The van der Waals surface area contributed by atoms with Crippen molar-refractivity contribution in [1.29, 1.82) is 0 Å². The van der Waals surface area contributed by atoms with Gasteiger partial charge in [0, 0.05) is 22.6 Å². The lowest BCUT2D eigenvalue weighted by atomic mass is 10.2. The molecule has 0 aliphatic rings. The third-order valence-electron chi connectivity index (χ3n) is 2.08. The van der Waals surface area contributed by atoms with E-state index in [0.717, 1.165) is 16.5 Å². The monoisotopic (exact) mass is 210 g/mol. The average molecular weight is 211 g/mol. The van der Waals surface area contributed by atoms with Crippen molar-refractivity contribution in [3.05, 3.63) is 35.0 Å². The first-order valence-electron chi connectivity index (χ1n) is 4.54. The van der Waals surface area contributed by atoms with Crippen LogP contribution in [0.25, 0.3) is 11.0 Å². The van der Waals surface area contributed by atoms with Crippen molar-refractivity contribution in [2.45, 2.75) is 13.5 Å². The summed E-state index contributed by atoms with van der Waals surface area (Å²) >= 11 is 5.84. The molecule has 0 saturated heterocycles. The van der Waals surface area contributed by atoms with Crippen LogP contribution in [0.2, 0.25) is 5.02 Å². The van der Waals surface area contributed by atoms with E-state index in [2.05, 4.69) is 0 Å². The molecule has 0 aliphatic heterocycles. The minimum atomic E-state index is 0.588. The van der Waals surface area contributed by atoms with Gasteiger partial charge in [0.25, 0.3) is 0 Å². The van der Waals surface area contributed by atoms with E-state index in [0.29, 0.717) is 18.2 Å². The number of rotatable bonds is 3. The topological polar surface area (TPSA) is 22.4 Å². The van der Waals surface area contributed by atoms with Gasteiger partial charge in [-0.25, -0.2) is 0 Å². The van der Waals surface area contributed by atoms with Gasteiger partial charge >= 0.3 is 0 Å². The molecule has 0 saturated carbocycles. The number of ether oxygens (including phenoxy) is 1. The van der Waals surface area contributed by atoms with E-state index in [1.54, 1.807) is 6.26 Å². The van der Waals surface area contributed by atoms with Gasteiger partial charge in [-0.2, -0.15) is 0 Å². The van der Waals surface area contributed by atoms with Crippen molar-refractivity contribution >= 4 is 22.6 Å². The minimum absolute atomic E-state index is 0.588. The summed E-state index contributed by atoms with van der Waals surface area (Å²) in [4.78, 5) is 0. The fraction of sp³-hybridized carbons (Fsp3) is 0.273. The molecule has 0 amide bonds. The Hall–Kier alpha value is -0.990. The lowest BCUT2D eigenvalue weighted by Gasteiger charge is -1.97. The predicted octanol–water partition coefficient (Wildman–Crippen LogP) is 3.62. The third-order valence-corrected chi connectivity index (χ3v) is 2.31. The van der Waals surface area contributed by atoms with Crippen molar-refractivity contribution in [2.24, 2.45) is 0 Å². The highest BCUT2D eigenvalue weighted by molar-refractivity contribution is 6.31. The van der Waals surface area contributed by atoms with Crippen molar-refractivity contribution in [3.63, 3.8) is 0 Å². The van der Waals surface area contributed by atoms with E-state index in [-0.39, 0.29) is 0 Å². The molecular weight excluding hydrogens is 200 g/mol. The first-order chi connectivity index (χ1) is 6.81. The van der Waals surface area contributed by atoms with Gasteiger partial charge in [-0.05, 0) is 25.1 Å². The maximum atomic E-state index is 5.84. The molecule has 2 rings (SSSR count). The second-order valence-corrected chi connectivity index (χ2v) is 3.47. The largest absolute Gasteiger partial charge is 0.464 e. The quantitative estimate of drug-likeness (QED) is 0.772. The van der Waals surface area contributed by atoms with Crippen molar-refractivity contribution in [2.75, 3.05) is 6.61 Å². The van der Waals surface area contributed by atoms with Crippen LogP contribution in [0.5, 0.6) is 0 Å². The fourth-order valence-corrected chi connectivity index (χ4v) is 1.54. The molecule has 74 valence electrons. The van der Waals surface area contributed by atoms with E-state index >= 15 is 0 Å². The summed E-state index contributed by atoms with van der Waals surface area (Å²) in [5.41, 5.74) is 1.88. The van der Waals surface area contributed by atoms with Crippen LogP contribution in [0, 0.1) is 0 Å². The molecule has 0 unspecified atom stereocenters. The zero-order valence-electron chi connectivity index (χ0n) is 7.92. The summed E-state index contributed by atoms with van der Waals surface area (Å²) in [7, 11) is 0. The van der Waals surface area contributed by atoms with Gasteiger partial charge in [-0.3, -0.25) is 0 Å². The molecule has 0 bridgehead atoms. The molecule has 14 heavy (non-hydrogen) atoms. The van der Waals surface area contributed by atoms with Crippen LogP contribution in [-0.4, -0.2) is 6.61 Å². The third kappa shape index (κ3) is 1.76. The summed E-state index contributed by atoms with van der Waals surface area (Å²) in [6.07, 6.45) is 1.72. The molecule has 0 radical (unpaired) electrons. The second kappa shape index (κ2) is 4.03. The Morgan fingerprint density at radius 1 is 1.43 bits per heavy atom. The molecule has 2 aromatic rings. The van der Waals surface area contributed by atoms with E-state index in [4.69, 9.17) is 20.8 Å². The highest BCUT2D eigenvalue weighted by Gasteiger charge is 2.05. The number of hydrogen-bond donors (Lipinski definition) is 0. The molecule has 1 heterocycles. The van der Waals surface area contributed by atoms with E-state index < -0.39 is 0 Å². The Bertz CT molecular complexity index is 434. The molecular formula is C11H11ClO2. The normalized spacial score (nSPS) is 11.0. The number of furan rings is 1. The van der Waals surface area contributed by atoms with Crippen LogP contribution in [-0.2, 0) is 11.3 Å². The van der Waals surface area contributed by atoms with Gasteiger partial charge in [0.2, 0.25) is 0 Å². The Labute approximate surface area is 87.4 Å². The van der Waals surface area contributed by atoms with Crippen LogP contribution < -0.4 is 0 Å². The lowest BCUT2D eigenvalue weighted by Crippen LogP contribution is -1.89. The highest BCUT2D eigenvalue weighted by atomic mass is 35.5. The van der Waals surface area contributed by atoms with Gasteiger partial charge in [0.05, 0.1) is 12.9 Å². The van der Waals surface area contributed by atoms with Crippen LogP contribution in [0.3, 0.4) is 0 Å². The summed E-state index contributed by atoms with van der Waals surface area (Å²) in [5, 5.41) is 1.76. The Kier molecular flexibility index (Phi) is 2.75. The number of hydrogen-bond acceptors (Lipinski definition) is 2. The van der Waals surface area contributed by atoms with Gasteiger partial charge in [0.1, 0.15) is 5.58 Å². The van der Waals surface area contributed by atoms with Crippen LogP contribution in [0.1, 0.15) is 12.5 Å². The Balaban J connectivity index is 2.37. The molecule has 1 aromatic heterocycles. The molecule has 0 spiro atoms. The molecule has 0 aliphatic carbocycles. The summed E-state index contributed by atoms with van der Waals surface area (Å²) in [5.74, 6) is 0. The van der Waals surface area contributed by atoms with Gasteiger partial charge in [-0.15, -0.1) is 0 Å². The van der Waals surface area contributed by atoms with Crippen molar-refractivity contribution in [3.8, 4) is 0 Å². The number of fused-ring (bicyclic) bond motifs is 1. The van der Waals surface area contributed by atoms with Gasteiger partial charge < -0.3 is 9.15 Å². The van der Waals surface area contributed by atoms with Crippen LogP contribution in [0.4, 0.5) is 0 Å². The Morgan fingerprint density at radius 2 is 2.29 bits per heavy atom. The highest BCUT2D eigenvalue weighted by Crippen LogP contribution is 2.24. The Morgan fingerprint density at radius 3 is 3.07 bits per heavy atom. The van der Waals surface area contributed by atoms with Crippen LogP contribution >= 0.6 is 11.6 Å². The fourth-order valence-electron chi connectivity index (χ4n) is 1.38. The first-order valence-corrected chi connectivity index (χ1v) is 4.92.